The number of hydrogen-bond acceptors (Lipinski definition) is 4. The van der Waals surface area contributed by atoms with Crippen LogP contribution in [0.15, 0.2) is 54.6 Å². The minimum absolute atomic E-state index is 0.446. The first kappa shape index (κ1) is 22.9. The Labute approximate surface area is 217 Å². The number of aliphatic hydroxyl groups is 1. The molecule has 0 spiro atoms. The van der Waals surface area contributed by atoms with Crippen LogP contribution >= 0.6 is 23.2 Å². The van der Waals surface area contributed by atoms with Crippen molar-refractivity contribution >= 4 is 55.8 Å². The van der Waals surface area contributed by atoms with Gasteiger partial charge in [0.15, 0.2) is 0 Å². The predicted molar refractivity (Wildman–Crippen MR) is 143 cm³/mol. The van der Waals surface area contributed by atoms with Crippen LogP contribution in [0.1, 0.15) is 24.0 Å². The fourth-order valence-electron chi connectivity index (χ4n) is 4.77. The van der Waals surface area contributed by atoms with Crippen LogP contribution in [0.2, 0.25) is 10.0 Å². The van der Waals surface area contributed by atoms with Gasteiger partial charge in [-0.05, 0) is 47.2 Å². The van der Waals surface area contributed by atoms with Gasteiger partial charge in [0.25, 0.3) is 0 Å². The fourth-order valence-corrected chi connectivity index (χ4v) is 5.21. The van der Waals surface area contributed by atoms with Crippen molar-refractivity contribution in [2.45, 2.75) is 18.4 Å². The molecule has 0 bridgehead atoms. The maximum atomic E-state index is 10.8. The summed E-state index contributed by atoms with van der Waals surface area (Å²) in [7, 11) is 0. The molecule has 0 radical (unpaired) electrons. The molecule has 2 N–H and O–H groups in total. The smallest absolute Gasteiger partial charge is 0.141 e. The second-order valence-electron chi connectivity index (χ2n) is 8.93. The molecular formula is C29H19Cl2N3O2. The van der Waals surface area contributed by atoms with Crippen molar-refractivity contribution < 1.29 is 9.84 Å². The Morgan fingerprint density at radius 3 is 2.56 bits per heavy atom. The van der Waals surface area contributed by atoms with Crippen molar-refractivity contribution in [3.63, 3.8) is 0 Å². The van der Waals surface area contributed by atoms with Gasteiger partial charge in [-0.2, -0.15) is 5.26 Å². The number of aromatic amines is 1. The maximum Gasteiger partial charge on any atom is 0.141 e. The van der Waals surface area contributed by atoms with Gasteiger partial charge in [0, 0.05) is 34.2 Å². The van der Waals surface area contributed by atoms with E-state index in [1.54, 1.807) is 18.2 Å². The molecule has 1 saturated heterocycles. The molecule has 0 amide bonds. The molecule has 36 heavy (non-hydrogen) atoms. The average Bonchev–Trinajstić information content (AvgIpc) is 3.33. The SMILES string of the molecule is N#Cc1cccc(Cl)c1-c1nc2c3ccc(Cl)cc3c3cc(C#CC4(O)CCOCC4)ccc3c2[nH]1. The van der Waals surface area contributed by atoms with Gasteiger partial charge < -0.3 is 14.8 Å². The van der Waals surface area contributed by atoms with Gasteiger partial charge in [-0.25, -0.2) is 4.98 Å². The number of rotatable bonds is 1. The third-order valence-corrected chi connectivity index (χ3v) is 7.20. The normalized spacial score (nSPS) is 15.1. The Morgan fingerprint density at radius 2 is 1.75 bits per heavy atom. The minimum Gasteiger partial charge on any atom is -0.381 e. The Balaban J connectivity index is 1.60. The molecule has 1 aromatic heterocycles. The molecule has 1 fully saturated rings. The molecule has 176 valence electrons. The zero-order chi connectivity index (χ0) is 24.9. The lowest BCUT2D eigenvalue weighted by atomic mass is 9.94. The van der Waals surface area contributed by atoms with Gasteiger partial charge in [-0.1, -0.05) is 53.2 Å². The molecular weight excluding hydrogens is 493 g/mol. The largest absolute Gasteiger partial charge is 0.381 e. The highest BCUT2D eigenvalue weighted by molar-refractivity contribution is 6.34. The molecule has 6 rings (SSSR count). The van der Waals surface area contributed by atoms with Gasteiger partial charge in [-0.15, -0.1) is 0 Å². The third-order valence-electron chi connectivity index (χ3n) is 6.65. The first-order valence-electron chi connectivity index (χ1n) is 11.5. The first-order valence-corrected chi connectivity index (χ1v) is 12.3. The minimum atomic E-state index is -1.03. The van der Waals surface area contributed by atoms with E-state index in [9.17, 15) is 10.4 Å². The van der Waals surface area contributed by atoms with Gasteiger partial charge in [0.2, 0.25) is 0 Å². The number of nitriles is 1. The number of aromatic nitrogens is 2. The first-order chi connectivity index (χ1) is 17.5. The monoisotopic (exact) mass is 511 g/mol. The summed E-state index contributed by atoms with van der Waals surface area (Å²) in [5, 5.41) is 25.2. The van der Waals surface area contributed by atoms with E-state index < -0.39 is 5.60 Å². The van der Waals surface area contributed by atoms with E-state index in [4.69, 9.17) is 32.9 Å². The van der Waals surface area contributed by atoms with E-state index in [2.05, 4.69) is 22.9 Å². The number of nitrogens with zero attached hydrogens (tertiary/aromatic N) is 2. The van der Waals surface area contributed by atoms with Crippen LogP contribution in [-0.4, -0.2) is 33.9 Å². The van der Waals surface area contributed by atoms with Crippen LogP contribution in [0.5, 0.6) is 0 Å². The van der Waals surface area contributed by atoms with Crippen LogP contribution in [0, 0.1) is 23.2 Å². The number of imidazole rings is 1. The number of fused-ring (bicyclic) bond motifs is 6. The number of H-pyrrole nitrogens is 1. The molecule has 0 atom stereocenters. The molecule has 7 heteroatoms. The van der Waals surface area contributed by atoms with Gasteiger partial charge in [0.1, 0.15) is 11.4 Å². The summed E-state index contributed by atoms with van der Waals surface area (Å²) in [6, 6.07) is 19.1. The molecule has 1 aliphatic rings. The Hall–Kier alpha value is -3.58. The van der Waals surface area contributed by atoms with Crippen molar-refractivity contribution in [2.75, 3.05) is 13.2 Å². The van der Waals surface area contributed by atoms with Gasteiger partial charge in [-0.3, -0.25) is 0 Å². The second-order valence-corrected chi connectivity index (χ2v) is 9.77. The molecule has 0 aliphatic carbocycles. The van der Waals surface area contributed by atoms with Crippen LogP contribution in [0.3, 0.4) is 0 Å². The van der Waals surface area contributed by atoms with Crippen LogP contribution in [0.25, 0.3) is 44.0 Å². The summed E-state index contributed by atoms with van der Waals surface area (Å²) in [6.07, 6.45) is 0.993. The fraction of sp³-hybridized carbons (Fsp3) is 0.172. The zero-order valence-corrected chi connectivity index (χ0v) is 20.5. The third kappa shape index (κ3) is 3.88. The van der Waals surface area contributed by atoms with Crippen LogP contribution in [0.4, 0.5) is 0 Å². The topological polar surface area (TPSA) is 81.9 Å². The summed E-state index contributed by atoms with van der Waals surface area (Å²) in [6.45, 7) is 1.01. The van der Waals surface area contributed by atoms with Gasteiger partial charge >= 0.3 is 0 Å². The van der Waals surface area contributed by atoms with Crippen molar-refractivity contribution in [1.29, 1.82) is 5.26 Å². The van der Waals surface area contributed by atoms with Crippen LogP contribution < -0.4 is 0 Å². The second kappa shape index (κ2) is 8.82. The van der Waals surface area contributed by atoms with Crippen molar-refractivity contribution in [2.24, 2.45) is 0 Å². The van der Waals surface area contributed by atoms with Crippen LogP contribution in [-0.2, 0) is 4.74 Å². The lowest BCUT2D eigenvalue weighted by Gasteiger charge is -2.26. The van der Waals surface area contributed by atoms with E-state index in [1.165, 1.54) is 0 Å². The molecule has 2 heterocycles. The molecule has 5 nitrogen and oxygen atoms in total. The van der Waals surface area contributed by atoms with E-state index in [1.807, 2.05) is 36.4 Å². The molecule has 0 saturated carbocycles. The lowest BCUT2D eigenvalue weighted by molar-refractivity contribution is -0.0261. The molecule has 5 aromatic rings. The standard InChI is InChI=1S/C29H19Cl2N3O2/c30-19-5-7-21-23(15-19)22-14-17(8-9-29(35)10-12-36-13-11-29)4-6-20(22)26-27(21)34-28(33-26)25-18(16-32)2-1-3-24(25)31/h1-7,14-15,35H,10-13H2,(H,33,34). The van der Waals surface area contributed by atoms with Crippen molar-refractivity contribution in [1.82, 2.24) is 9.97 Å². The summed E-state index contributed by atoms with van der Waals surface area (Å²) in [5.41, 5.74) is 2.38. The molecule has 1 aliphatic heterocycles. The van der Waals surface area contributed by atoms with E-state index in [0.717, 1.165) is 38.1 Å². The molecule has 0 unspecified atom stereocenters. The number of halogens is 2. The number of ether oxygens (including phenoxy) is 1. The number of hydrogen-bond donors (Lipinski definition) is 2. The van der Waals surface area contributed by atoms with E-state index >= 15 is 0 Å². The Kier molecular flexibility index (Phi) is 5.60. The highest BCUT2D eigenvalue weighted by atomic mass is 35.5. The van der Waals surface area contributed by atoms with Gasteiger partial charge in [0.05, 0.1) is 46.5 Å². The predicted octanol–water partition coefficient (Wildman–Crippen LogP) is 6.61. The average molecular weight is 512 g/mol. The number of nitrogens with one attached hydrogen (secondary N) is 1. The van der Waals surface area contributed by atoms with Crippen molar-refractivity contribution in [3.8, 4) is 29.3 Å². The zero-order valence-electron chi connectivity index (χ0n) is 19.0. The summed E-state index contributed by atoms with van der Waals surface area (Å²) < 4.78 is 5.35. The summed E-state index contributed by atoms with van der Waals surface area (Å²) in [4.78, 5) is 8.30. The highest BCUT2D eigenvalue weighted by Crippen LogP contribution is 2.38. The molecule has 4 aromatic carbocycles. The van der Waals surface area contributed by atoms with E-state index in [-0.39, 0.29) is 0 Å². The number of benzene rings is 4. The summed E-state index contributed by atoms with van der Waals surface area (Å²) >= 11 is 12.9. The summed E-state index contributed by atoms with van der Waals surface area (Å²) in [5.74, 6) is 6.74. The maximum absolute atomic E-state index is 10.8. The van der Waals surface area contributed by atoms with E-state index in [0.29, 0.717) is 53.1 Å². The van der Waals surface area contributed by atoms with Crippen molar-refractivity contribution in [3.05, 3.63) is 75.8 Å². The quantitative estimate of drug-likeness (QED) is 0.196. The Morgan fingerprint density at radius 1 is 0.972 bits per heavy atom. The highest BCUT2D eigenvalue weighted by Gasteiger charge is 2.27. The lowest BCUT2D eigenvalue weighted by Crippen LogP contribution is -2.34. The Bertz CT molecular complexity index is 1780.